The van der Waals surface area contributed by atoms with Crippen LogP contribution in [0.5, 0.6) is 5.75 Å². The summed E-state index contributed by atoms with van der Waals surface area (Å²) < 4.78 is 0. The first kappa shape index (κ1) is 12.8. The fourth-order valence-electron chi connectivity index (χ4n) is 1.80. The third-order valence-corrected chi connectivity index (χ3v) is 2.67. The predicted molar refractivity (Wildman–Crippen MR) is 66.6 cm³/mol. The highest BCUT2D eigenvalue weighted by Gasteiger charge is 2.16. The van der Waals surface area contributed by atoms with Gasteiger partial charge in [0.1, 0.15) is 24.0 Å². The maximum Gasteiger partial charge on any atom is 0.296 e. The third kappa shape index (κ3) is 1.74. The summed E-state index contributed by atoms with van der Waals surface area (Å²) in [6, 6.07) is 6.94. The maximum atomic E-state index is 11.5. The van der Waals surface area contributed by atoms with Crippen LogP contribution in [0.25, 0.3) is 10.9 Å². The van der Waals surface area contributed by atoms with E-state index >= 15 is 0 Å². The molecule has 0 saturated heterocycles. The Labute approximate surface area is 111 Å². The maximum absolute atomic E-state index is 11.5. The molecule has 0 amide bonds. The first-order valence-corrected chi connectivity index (χ1v) is 5.21. The van der Waals surface area contributed by atoms with Crippen molar-refractivity contribution in [1.82, 2.24) is 4.98 Å². The second-order valence-electron chi connectivity index (χ2n) is 3.78. The number of aromatic nitrogens is 1. The summed E-state index contributed by atoms with van der Waals surface area (Å²) in [4.78, 5) is 25.0. The Morgan fingerprint density at radius 2 is 1.65 bits per heavy atom. The van der Waals surface area contributed by atoms with Crippen molar-refractivity contribution >= 4 is 10.9 Å². The molecule has 2 rings (SSSR count). The van der Waals surface area contributed by atoms with Crippen molar-refractivity contribution in [3.8, 4) is 24.0 Å². The summed E-state index contributed by atoms with van der Waals surface area (Å²) >= 11 is 0. The number of hydrogen-bond acceptors (Lipinski definition) is 6. The number of fused-ring (bicyclic) bond motifs is 1. The molecule has 1 aromatic carbocycles. The lowest BCUT2D eigenvalue weighted by molar-refractivity contribution is 0.481. The lowest BCUT2D eigenvalue weighted by atomic mass is 10.00. The van der Waals surface area contributed by atoms with E-state index in [-0.39, 0.29) is 27.6 Å². The van der Waals surface area contributed by atoms with Crippen molar-refractivity contribution in [3.63, 3.8) is 0 Å². The van der Waals surface area contributed by atoms with E-state index in [1.807, 2.05) is 0 Å². The van der Waals surface area contributed by atoms with Gasteiger partial charge in [-0.2, -0.15) is 15.8 Å². The zero-order valence-corrected chi connectivity index (χ0v) is 9.76. The van der Waals surface area contributed by atoms with Gasteiger partial charge in [0.05, 0.1) is 27.6 Å². The second-order valence-corrected chi connectivity index (χ2v) is 3.78. The van der Waals surface area contributed by atoms with Crippen LogP contribution in [-0.4, -0.2) is 10.1 Å². The van der Waals surface area contributed by atoms with Crippen molar-refractivity contribution in [2.45, 2.75) is 0 Å². The molecule has 0 atom stereocenters. The summed E-state index contributed by atoms with van der Waals surface area (Å²) in [7, 11) is 0. The Morgan fingerprint density at radius 3 is 2.20 bits per heavy atom. The van der Waals surface area contributed by atoms with Crippen LogP contribution < -0.4 is 11.0 Å². The van der Waals surface area contributed by atoms with Gasteiger partial charge < -0.3 is 10.1 Å². The topological polar surface area (TPSA) is 142 Å². The van der Waals surface area contributed by atoms with E-state index in [4.69, 9.17) is 15.8 Å². The Balaban J connectivity index is 3.34. The number of benzene rings is 1. The van der Waals surface area contributed by atoms with E-state index < -0.39 is 16.7 Å². The van der Waals surface area contributed by atoms with Gasteiger partial charge in [0.2, 0.25) is 5.43 Å². The fourth-order valence-corrected chi connectivity index (χ4v) is 1.80. The molecule has 2 aromatic rings. The minimum absolute atomic E-state index is 0.126. The monoisotopic (exact) mass is 264 g/mol. The van der Waals surface area contributed by atoms with Gasteiger partial charge >= 0.3 is 0 Å². The van der Waals surface area contributed by atoms with E-state index in [1.54, 1.807) is 18.2 Å². The highest BCUT2D eigenvalue weighted by Crippen LogP contribution is 2.28. The molecule has 7 nitrogen and oxygen atoms in total. The average Bonchev–Trinajstić information content (AvgIpc) is 2.55. The molecule has 20 heavy (non-hydrogen) atoms. The molecule has 0 saturated carbocycles. The van der Waals surface area contributed by atoms with Gasteiger partial charge in [0.15, 0.2) is 0 Å². The van der Waals surface area contributed by atoms with Crippen LogP contribution in [0.2, 0.25) is 0 Å². The molecule has 0 aliphatic rings. The minimum atomic E-state index is -1.04. The van der Waals surface area contributed by atoms with Crippen LogP contribution in [0.15, 0.2) is 21.7 Å². The Bertz CT molecular complexity index is 984. The molecule has 0 unspecified atom stereocenters. The van der Waals surface area contributed by atoms with Gasteiger partial charge in [-0.1, -0.05) is 0 Å². The number of aromatic amines is 1. The SMILES string of the molecule is N#Cc1cc(C#N)c2[nH]c(=O)c(=O)cc(O)c2c1C#N. The molecule has 0 aliphatic carbocycles. The molecule has 0 spiro atoms. The third-order valence-electron chi connectivity index (χ3n) is 2.67. The molecule has 1 aromatic heterocycles. The number of rotatable bonds is 0. The first-order valence-electron chi connectivity index (χ1n) is 5.21. The van der Waals surface area contributed by atoms with Crippen LogP contribution in [0.4, 0.5) is 0 Å². The molecule has 1 heterocycles. The molecule has 94 valence electrons. The number of hydrogen-bond donors (Lipinski definition) is 2. The van der Waals surface area contributed by atoms with Crippen LogP contribution >= 0.6 is 0 Å². The molecule has 2 N–H and O–H groups in total. The van der Waals surface area contributed by atoms with Gasteiger partial charge in [0.25, 0.3) is 5.56 Å². The number of nitrogens with one attached hydrogen (secondary N) is 1. The highest BCUT2D eigenvalue weighted by atomic mass is 16.3. The molecule has 0 aliphatic heterocycles. The summed E-state index contributed by atoms with van der Waals surface area (Å²) in [5.74, 6) is -0.645. The van der Waals surface area contributed by atoms with Gasteiger partial charge in [-0.05, 0) is 6.07 Å². The zero-order chi connectivity index (χ0) is 14.9. The van der Waals surface area contributed by atoms with Crippen molar-refractivity contribution < 1.29 is 5.11 Å². The lowest BCUT2D eigenvalue weighted by Crippen LogP contribution is -2.22. The van der Waals surface area contributed by atoms with Gasteiger partial charge in [-0.25, -0.2) is 0 Å². The van der Waals surface area contributed by atoms with Crippen LogP contribution in [0.3, 0.4) is 0 Å². The van der Waals surface area contributed by atoms with Crippen molar-refractivity contribution in [2.75, 3.05) is 0 Å². The Kier molecular flexibility index (Phi) is 2.93. The van der Waals surface area contributed by atoms with Crippen molar-refractivity contribution in [3.05, 3.63) is 49.4 Å². The van der Waals surface area contributed by atoms with Crippen LogP contribution in [0, 0.1) is 34.0 Å². The van der Waals surface area contributed by atoms with E-state index in [2.05, 4.69) is 4.98 Å². The highest BCUT2D eigenvalue weighted by molar-refractivity contribution is 5.95. The van der Waals surface area contributed by atoms with E-state index in [1.165, 1.54) is 0 Å². The largest absolute Gasteiger partial charge is 0.507 e. The summed E-state index contributed by atoms with van der Waals surface area (Å²) in [5.41, 5.74) is -2.70. The number of nitrogens with zero attached hydrogens (tertiary/aromatic N) is 3. The molecule has 0 radical (unpaired) electrons. The molecular formula is C13H4N4O3. The molecule has 0 fully saturated rings. The zero-order valence-electron chi connectivity index (χ0n) is 9.76. The standard InChI is InChI=1S/C13H4N4O3/c14-3-6-1-7(4-15)12-11(8(6)5-16)9(18)2-10(19)13(20)17-12/h1-2,18H,(H,17,19,20). The van der Waals surface area contributed by atoms with Gasteiger partial charge in [0, 0.05) is 6.07 Å². The van der Waals surface area contributed by atoms with Crippen molar-refractivity contribution in [2.24, 2.45) is 0 Å². The number of nitriles is 3. The van der Waals surface area contributed by atoms with E-state index in [0.717, 1.165) is 6.07 Å². The number of aromatic hydroxyl groups is 1. The predicted octanol–water partition coefficient (Wildman–Crippen LogP) is 0.209. The smallest absolute Gasteiger partial charge is 0.296 e. The quantitative estimate of drug-likeness (QED) is 0.651. The summed E-state index contributed by atoms with van der Waals surface area (Å²) in [6.45, 7) is 0. The minimum Gasteiger partial charge on any atom is -0.507 e. The van der Waals surface area contributed by atoms with Crippen LogP contribution in [-0.2, 0) is 0 Å². The van der Waals surface area contributed by atoms with Crippen molar-refractivity contribution in [1.29, 1.82) is 15.8 Å². The van der Waals surface area contributed by atoms with Crippen LogP contribution in [0.1, 0.15) is 16.7 Å². The molecule has 0 bridgehead atoms. The average molecular weight is 264 g/mol. The summed E-state index contributed by atoms with van der Waals surface area (Å²) in [5, 5.41) is 36.7. The van der Waals surface area contributed by atoms with Gasteiger partial charge in [-0.3, -0.25) is 9.59 Å². The molecule has 7 heteroatoms. The summed E-state index contributed by atoms with van der Waals surface area (Å²) in [6.07, 6.45) is 0. The Hall–Kier alpha value is -3.63. The fraction of sp³-hybridized carbons (Fsp3) is 0. The van der Waals surface area contributed by atoms with E-state index in [9.17, 15) is 14.7 Å². The molecular weight excluding hydrogens is 260 g/mol. The normalized spacial score (nSPS) is 9.45. The Morgan fingerprint density at radius 1 is 1.00 bits per heavy atom. The number of H-pyrrole nitrogens is 1. The second kappa shape index (κ2) is 4.56. The first-order chi connectivity index (χ1) is 9.53. The van der Waals surface area contributed by atoms with E-state index in [0.29, 0.717) is 6.07 Å². The van der Waals surface area contributed by atoms with Gasteiger partial charge in [-0.15, -0.1) is 0 Å². The lowest BCUT2D eigenvalue weighted by Gasteiger charge is -2.02.